The van der Waals surface area contributed by atoms with Crippen molar-refractivity contribution < 1.29 is 39.1 Å². The predicted molar refractivity (Wildman–Crippen MR) is 155 cm³/mol. The van der Waals surface area contributed by atoms with Gasteiger partial charge >= 0.3 is 0 Å². The third kappa shape index (κ3) is 5.18. The number of carbonyl (C=O) groups is 1. The number of rotatable bonds is 10. The highest BCUT2D eigenvalue weighted by molar-refractivity contribution is 9.10. The Hall–Kier alpha value is -3.83. The van der Waals surface area contributed by atoms with Crippen LogP contribution in [-0.4, -0.2) is 49.7 Å². The van der Waals surface area contributed by atoms with Crippen LogP contribution in [0.4, 0.5) is 5.69 Å². The number of fused-ring (bicyclic) bond motifs is 1. The summed E-state index contributed by atoms with van der Waals surface area (Å²) in [6.45, 7) is -1.03. The average molecular weight is 612 g/mol. The number of hydrogen-bond acceptors (Lipinski definition) is 8. The molecule has 0 atom stereocenters. The summed E-state index contributed by atoms with van der Waals surface area (Å²) in [7, 11) is 6.08. The van der Waals surface area contributed by atoms with Crippen LogP contribution >= 0.6 is 15.9 Å². The number of hydrogen-bond donors (Lipinski definition) is 4. The quantitative estimate of drug-likeness (QED) is 0.197. The van der Waals surface area contributed by atoms with Gasteiger partial charge in [0.2, 0.25) is 0 Å². The van der Waals surface area contributed by atoms with E-state index in [1.807, 2.05) is 6.07 Å². The second kappa shape index (κ2) is 12.6. The third-order valence-electron chi connectivity index (χ3n) is 6.70. The number of halogens is 1. The molecule has 4 aromatic carbocycles. The largest absolute Gasteiger partial charge is 0.493 e. The van der Waals surface area contributed by atoms with Crippen molar-refractivity contribution in [3.05, 3.63) is 75.3 Å². The van der Waals surface area contributed by atoms with Gasteiger partial charge in [0.1, 0.15) is 0 Å². The summed E-state index contributed by atoms with van der Waals surface area (Å²) in [5, 5.41) is 34.1. The summed E-state index contributed by atoms with van der Waals surface area (Å²) >= 11 is 3.41. The Balaban J connectivity index is 1.96. The first-order chi connectivity index (χ1) is 19.4. The molecule has 0 spiro atoms. The van der Waals surface area contributed by atoms with E-state index in [1.54, 1.807) is 42.5 Å². The molecule has 0 radical (unpaired) electrons. The Morgan fingerprint density at radius 1 is 0.775 bits per heavy atom. The fourth-order valence-corrected chi connectivity index (χ4v) is 5.41. The number of aliphatic hydroxyl groups is 3. The number of aliphatic hydroxyl groups excluding tert-OH is 3. The van der Waals surface area contributed by atoms with Crippen molar-refractivity contribution in [1.82, 2.24) is 0 Å². The van der Waals surface area contributed by atoms with Gasteiger partial charge in [0.25, 0.3) is 5.91 Å². The van der Waals surface area contributed by atoms with Gasteiger partial charge in [-0.05, 0) is 68.3 Å². The lowest BCUT2D eigenvalue weighted by atomic mass is 9.93. The average Bonchev–Trinajstić information content (AvgIpc) is 2.98. The standard InChI is InChI=1S/C30H30BrNO8/c1-37-24-11-17(10-18(14-34)28(24)39-3)26-19-6-5-7-23(20(19)12-25(38-2)29(26)40-4)32-30(36)27-21(15-35)16(13-33)8-9-22(27)31/h5-12,33-35H,13-15H2,1-4H3,(H,32,36). The molecule has 9 nitrogen and oxygen atoms in total. The maximum Gasteiger partial charge on any atom is 0.257 e. The molecular formula is C30H30BrNO8. The molecule has 1 amide bonds. The van der Waals surface area contributed by atoms with Gasteiger partial charge in [-0.3, -0.25) is 4.79 Å². The molecule has 0 aliphatic carbocycles. The molecule has 0 saturated heterocycles. The minimum atomic E-state index is -0.469. The van der Waals surface area contributed by atoms with Crippen molar-refractivity contribution >= 4 is 38.3 Å². The van der Waals surface area contributed by atoms with E-state index in [1.165, 1.54) is 28.4 Å². The first-order valence-corrected chi connectivity index (χ1v) is 13.0. The van der Waals surface area contributed by atoms with Gasteiger partial charge in [0, 0.05) is 26.7 Å². The highest BCUT2D eigenvalue weighted by Crippen LogP contribution is 2.48. The first-order valence-electron chi connectivity index (χ1n) is 12.2. The minimum Gasteiger partial charge on any atom is -0.493 e. The number of anilines is 1. The van der Waals surface area contributed by atoms with E-state index in [0.29, 0.717) is 66.4 Å². The SMILES string of the molecule is COc1cc(-c2c(OC)c(OC)cc3c(NC(=O)c4c(Br)ccc(CO)c4CO)cccc23)cc(CO)c1OC. The van der Waals surface area contributed by atoms with Gasteiger partial charge in [-0.25, -0.2) is 0 Å². The molecular weight excluding hydrogens is 582 g/mol. The van der Waals surface area contributed by atoms with Crippen molar-refractivity contribution in [3.8, 4) is 34.1 Å². The van der Waals surface area contributed by atoms with Crippen LogP contribution in [0.5, 0.6) is 23.0 Å². The number of carbonyl (C=O) groups excluding carboxylic acids is 1. The summed E-state index contributed by atoms with van der Waals surface area (Å²) in [6, 6.07) is 14.1. The lowest BCUT2D eigenvalue weighted by molar-refractivity contribution is 0.102. The molecule has 10 heteroatoms. The number of nitrogens with one attached hydrogen (secondary N) is 1. The molecule has 0 fully saturated rings. The zero-order valence-corrected chi connectivity index (χ0v) is 24.1. The Morgan fingerprint density at radius 2 is 1.45 bits per heavy atom. The van der Waals surface area contributed by atoms with Gasteiger partial charge in [-0.1, -0.05) is 18.2 Å². The Kier molecular flexibility index (Phi) is 9.16. The molecule has 4 N–H and O–H groups in total. The van der Waals surface area contributed by atoms with E-state index < -0.39 is 12.5 Å². The van der Waals surface area contributed by atoms with Crippen molar-refractivity contribution in [2.45, 2.75) is 19.8 Å². The maximum atomic E-state index is 13.5. The molecule has 0 aromatic heterocycles. The van der Waals surface area contributed by atoms with Gasteiger partial charge in [0.05, 0.1) is 53.8 Å². The zero-order valence-electron chi connectivity index (χ0n) is 22.5. The second-order valence-corrected chi connectivity index (χ2v) is 9.60. The van der Waals surface area contributed by atoms with Crippen LogP contribution in [0.3, 0.4) is 0 Å². The molecule has 0 unspecified atom stereocenters. The highest BCUT2D eigenvalue weighted by Gasteiger charge is 2.23. The van der Waals surface area contributed by atoms with Gasteiger partial charge < -0.3 is 39.6 Å². The van der Waals surface area contributed by atoms with E-state index >= 15 is 0 Å². The molecule has 4 aromatic rings. The highest BCUT2D eigenvalue weighted by atomic mass is 79.9. The van der Waals surface area contributed by atoms with Gasteiger partial charge in [0.15, 0.2) is 23.0 Å². The number of amides is 1. The van der Waals surface area contributed by atoms with E-state index in [4.69, 9.17) is 18.9 Å². The van der Waals surface area contributed by atoms with Crippen LogP contribution in [0.25, 0.3) is 21.9 Å². The Morgan fingerprint density at radius 3 is 2.05 bits per heavy atom. The number of ether oxygens (including phenoxy) is 4. The minimum absolute atomic E-state index is 0.222. The Bertz CT molecular complexity index is 1540. The second-order valence-electron chi connectivity index (χ2n) is 8.75. The fourth-order valence-electron chi connectivity index (χ4n) is 4.86. The Labute approximate surface area is 240 Å². The smallest absolute Gasteiger partial charge is 0.257 e. The summed E-state index contributed by atoms with van der Waals surface area (Å²) in [5.41, 5.74) is 3.34. The topological polar surface area (TPSA) is 127 Å². The number of benzene rings is 4. The van der Waals surface area contributed by atoms with Gasteiger partial charge in [-0.2, -0.15) is 0 Å². The molecule has 0 saturated carbocycles. The van der Waals surface area contributed by atoms with Crippen LogP contribution in [0, 0.1) is 0 Å². The van der Waals surface area contributed by atoms with Crippen molar-refractivity contribution in [3.63, 3.8) is 0 Å². The van der Waals surface area contributed by atoms with E-state index in [9.17, 15) is 20.1 Å². The third-order valence-corrected chi connectivity index (χ3v) is 7.36. The predicted octanol–water partition coefficient (Wildman–Crippen LogP) is 5.03. The molecule has 40 heavy (non-hydrogen) atoms. The van der Waals surface area contributed by atoms with Crippen molar-refractivity contribution in [2.75, 3.05) is 33.8 Å². The lowest BCUT2D eigenvalue weighted by Crippen LogP contribution is -2.17. The fraction of sp³-hybridized carbons (Fsp3) is 0.233. The lowest BCUT2D eigenvalue weighted by Gasteiger charge is -2.20. The van der Waals surface area contributed by atoms with Crippen LogP contribution in [0.2, 0.25) is 0 Å². The summed E-state index contributed by atoms with van der Waals surface area (Å²) in [6.07, 6.45) is 0. The monoisotopic (exact) mass is 611 g/mol. The summed E-state index contributed by atoms with van der Waals surface area (Å²) < 4.78 is 23.0. The summed E-state index contributed by atoms with van der Waals surface area (Å²) in [5.74, 6) is 1.26. The van der Waals surface area contributed by atoms with Crippen molar-refractivity contribution in [1.29, 1.82) is 0 Å². The van der Waals surface area contributed by atoms with Gasteiger partial charge in [-0.15, -0.1) is 0 Å². The van der Waals surface area contributed by atoms with Crippen LogP contribution in [-0.2, 0) is 19.8 Å². The van der Waals surface area contributed by atoms with E-state index in [0.717, 1.165) is 5.39 Å². The van der Waals surface area contributed by atoms with Crippen LogP contribution in [0.15, 0.2) is 53.0 Å². The maximum absolute atomic E-state index is 13.5. The van der Waals surface area contributed by atoms with E-state index in [2.05, 4.69) is 21.2 Å². The summed E-state index contributed by atoms with van der Waals surface area (Å²) in [4.78, 5) is 13.5. The zero-order chi connectivity index (χ0) is 29.0. The van der Waals surface area contributed by atoms with Crippen LogP contribution < -0.4 is 24.3 Å². The van der Waals surface area contributed by atoms with Crippen LogP contribution in [0.1, 0.15) is 27.0 Å². The molecule has 210 valence electrons. The molecule has 0 heterocycles. The first kappa shape index (κ1) is 29.2. The molecule has 0 aliphatic heterocycles. The van der Waals surface area contributed by atoms with E-state index in [-0.39, 0.29) is 18.8 Å². The molecule has 0 aliphatic rings. The molecule has 0 bridgehead atoms. The molecule has 4 rings (SSSR count). The number of methoxy groups -OCH3 is 4. The normalized spacial score (nSPS) is 10.9. The van der Waals surface area contributed by atoms with Crippen molar-refractivity contribution in [2.24, 2.45) is 0 Å².